The molecule has 1 aliphatic rings. The number of hydrogen-bond acceptors (Lipinski definition) is 3. The normalized spacial score (nSPS) is 17.6. The second kappa shape index (κ2) is 7.40. The van der Waals surface area contributed by atoms with Gasteiger partial charge < -0.3 is 14.6 Å². The lowest BCUT2D eigenvalue weighted by Crippen LogP contribution is -2.47. The average molecular weight is 377 g/mol. The molecule has 5 heteroatoms. The van der Waals surface area contributed by atoms with Gasteiger partial charge in [-0.05, 0) is 43.9 Å². The summed E-state index contributed by atoms with van der Waals surface area (Å²) in [6.07, 6.45) is 3.59. The van der Waals surface area contributed by atoms with Crippen LogP contribution in [0.4, 0.5) is 0 Å². The Morgan fingerprint density at radius 1 is 1.18 bits per heavy atom. The highest BCUT2D eigenvalue weighted by atomic mass is 16.3. The second-order valence-corrected chi connectivity index (χ2v) is 7.79. The van der Waals surface area contributed by atoms with E-state index in [0.717, 1.165) is 22.2 Å². The third-order valence-electron chi connectivity index (χ3n) is 5.95. The van der Waals surface area contributed by atoms with Crippen LogP contribution in [0.2, 0.25) is 0 Å². The summed E-state index contributed by atoms with van der Waals surface area (Å²) in [4.78, 5) is 19.6. The number of para-hydroxylation sites is 2. The lowest BCUT2D eigenvalue weighted by molar-refractivity contribution is -0.139. The van der Waals surface area contributed by atoms with Crippen LogP contribution in [0, 0.1) is 6.92 Å². The Morgan fingerprint density at radius 3 is 2.64 bits per heavy atom. The molecular formula is C23H27N3O2. The molecule has 0 unspecified atom stereocenters. The third-order valence-corrected chi connectivity index (χ3v) is 5.95. The number of piperidine rings is 1. The van der Waals surface area contributed by atoms with Crippen LogP contribution in [-0.4, -0.2) is 38.6 Å². The Morgan fingerprint density at radius 2 is 1.93 bits per heavy atom. The van der Waals surface area contributed by atoms with Gasteiger partial charge >= 0.3 is 0 Å². The molecule has 0 radical (unpaired) electrons. The first-order valence-corrected chi connectivity index (χ1v) is 10.0. The van der Waals surface area contributed by atoms with Crippen LogP contribution in [0.15, 0.2) is 54.9 Å². The number of fused-ring (bicyclic) bond motifs is 1. The molecule has 1 fully saturated rings. The zero-order valence-corrected chi connectivity index (χ0v) is 16.5. The van der Waals surface area contributed by atoms with Crippen LogP contribution in [0.5, 0.6) is 0 Å². The average Bonchev–Trinajstić information content (AvgIpc) is 3.13. The van der Waals surface area contributed by atoms with E-state index in [4.69, 9.17) is 0 Å². The molecule has 0 aliphatic carbocycles. The molecule has 1 saturated heterocycles. The molecular weight excluding hydrogens is 350 g/mol. The number of aliphatic hydroxyl groups is 1. The van der Waals surface area contributed by atoms with Crippen LogP contribution in [0.3, 0.4) is 0 Å². The molecule has 1 atom stereocenters. The number of aromatic nitrogens is 2. The Hall–Kier alpha value is -2.66. The largest absolute Gasteiger partial charge is 0.385 e. The van der Waals surface area contributed by atoms with Gasteiger partial charge in [0, 0.05) is 13.1 Å². The first-order chi connectivity index (χ1) is 13.5. The number of amides is 1. The van der Waals surface area contributed by atoms with Crippen molar-refractivity contribution in [2.24, 2.45) is 0 Å². The molecule has 2 aromatic carbocycles. The molecule has 1 aromatic heterocycles. The van der Waals surface area contributed by atoms with Crippen LogP contribution in [0.25, 0.3) is 11.0 Å². The molecule has 0 spiro atoms. The predicted molar refractivity (Wildman–Crippen MR) is 110 cm³/mol. The number of carbonyl (C=O) groups is 1. The number of hydrogen-bond donors (Lipinski definition) is 1. The molecule has 1 amide bonds. The summed E-state index contributed by atoms with van der Waals surface area (Å²) in [5.74, 6) is 0.108. The highest BCUT2D eigenvalue weighted by Gasteiger charge is 2.37. The van der Waals surface area contributed by atoms with Gasteiger partial charge in [-0.15, -0.1) is 0 Å². The van der Waals surface area contributed by atoms with Crippen LogP contribution in [-0.2, 0) is 10.4 Å². The highest BCUT2D eigenvalue weighted by Crippen LogP contribution is 2.34. The summed E-state index contributed by atoms with van der Waals surface area (Å²) in [6.45, 7) is 5.19. The Bertz CT molecular complexity index is 986. The van der Waals surface area contributed by atoms with Crippen molar-refractivity contribution in [2.45, 2.75) is 44.8 Å². The minimum atomic E-state index is -0.855. The van der Waals surface area contributed by atoms with Gasteiger partial charge in [0.1, 0.15) is 6.04 Å². The molecule has 1 N–H and O–H groups in total. The quantitative estimate of drug-likeness (QED) is 0.752. The van der Waals surface area contributed by atoms with Crippen molar-refractivity contribution >= 4 is 16.9 Å². The second-order valence-electron chi connectivity index (χ2n) is 7.79. The maximum Gasteiger partial charge on any atom is 0.245 e. The number of benzene rings is 2. The van der Waals surface area contributed by atoms with Gasteiger partial charge in [-0.25, -0.2) is 4.98 Å². The van der Waals surface area contributed by atoms with Crippen molar-refractivity contribution in [3.63, 3.8) is 0 Å². The van der Waals surface area contributed by atoms with Gasteiger partial charge in [0.15, 0.2) is 0 Å². The summed E-state index contributed by atoms with van der Waals surface area (Å²) >= 11 is 0. The van der Waals surface area contributed by atoms with Crippen molar-refractivity contribution in [2.75, 3.05) is 13.1 Å². The topological polar surface area (TPSA) is 58.4 Å². The van der Waals surface area contributed by atoms with E-state index >= 15 is 0 Å². The number of imidazole rings is 1. The Balaban J connectivity index is 1.51. The molecule has 4 rings (SSSR count). The number of carbonyl (C=O) groups excluding carboxylic acids is 1. The van der Waals surface area contributed by atoms with Crippen molar-refractivity contribution < 1.29 is 9.90 Å². The van der Waals surface area contributed by atoms with Gasteiger partial charge in [0.2, 0.25) is 5.91 Å². The highest BCUT2D eigenvalue weighted by molar-refractivity contribution is 5.84. The third kappa shape index (κ3) is 3.31. The molecule has 3 aromatic rings. The van der Waals surface area contributed by atoms with E-state index < -0.39 is 5.60 Å². The fourth-order valence-corrected chi connectivity index (χ4v) is 4.25. The summed E-state index contributed by atoms with van der Waals surface area (Å²) in [7, 11) is 0. The van der Waals surface area contributed by atoms with E-state index in [1.807, 2.05) is 71.8 Å². The summed E-state index contributed by atoms with van der Waals surface area (Å²) in [5.41, 5.74) is 3.12. The zero-order valence-electron chi connectivity index (χ0n) is 16.5. The lowest BCUT2D eigenvalue weighted by Gasteiger charge is -2.40. The van der Waals surface area contributed by atoms with Gasteiger partial charge in [0.25, 0.3) is 0 Å². The number of rotatable bonds is 4. The monoisotopic (exact) mass is 377 g/mol. The van der Waals surface area contributed by atoms with Crippen LogP contribution >= 0.6 is 0 Å². The molecule has 0 bridgehead atoms. The van der Waals surface area contributed by atoms with E-state index in [1.54, 1.807) is 6.33 Å². The minimum absolute atomic E-state index is 0.108. The van der Waals surface area contributed by atoms with E-state index in [9.17, 15) is 9.90 Å². The van der Waals surface area contributed by atoms with Crippen molar-refractivity contribution in [3.05, 3.63) is 66.0 Å². The van der Waals surface area contributed by atoms with Gasteiger partial charge in [-0.2, -0.15) is 0 Å². The number of nitrogens with zero attached hydrogens (tertiary/aromatic N) is 3. The smallest absolute Gasteiger partial charge is 0.245 e. The van der Waals surface area contributed by atoms with Gasteiger partial charge in [-0.3, -0.25) is 4.79 Å². The Kier molecular flexibility index (Phi) is 4.94. The molecule has 0 saturated carbocycles. The zero-order chi connectivity index (χ0) is 19.7. The summed E-state index contributed by atoms with van der Waals surface area (Å²) in [5, 5.41) is 11.1. The summed E-state index contributed by atoms with van der Waals surface area (Å²) < 4.78 is 1.99. The maximum atomic E-state index is 13.3. The van der Waals surface area contributed by atoms with Crippen molar-refractivity contribution in [1.29, 1.82) is 0 Å². The first-order valence-electron chi connectivity index (χ1n) is 10.0. The fraction of sp³-hybridized carbons (Fsp3) is 0.391. The standard InChI is InChI=1S/C23H27N3O2/c1-3-20(26-16-24-19-9-4-5-10-21(19)26)22(27)25-13-11-23(28,12-14-25)18-8-6-7-17(2)15-18/h4-10,15-16,20,28H,3,11-14H2,1-2H3/t20-/m0/s1. The predicted octanol–water partition coefficient (Wildman–Crippen LogP) is 3.81. The van der Waals surface area contributed by atoms with E-state index in [2.05, 4.69) is 4.98 Å². The van der Waals surface area contributed by atoms with Crippen molar-refractivity contribution in [3.8, 4) is 0 Å². The lowest BCUT2D eigenvalue weighted by atomic mass is 9.83. The molecule has 146 valence electrons. The molecule has 2 heterocycles. The van der Waals surface area contributed by atoms with E-state index in [-0.39, 0.29) is 11.9 Å². The van der Waals surface area contributed by atoms with Crippen LogP contribution in [0.1, 0.15) is 43.4 Å². The van der Waals surface area contributed by atoms with Gasteiger partial charge in [0.05, 0.1) is 23.0 Å². The molecule has 28 heavy (non-hydrogen) atoms. The van der Waals surface area contributed by atoms with Gasteiger partial charge in [-0.1, -0.05) is 48.9 Å². The number of aryl methyl sites for hydroxylation is 1. The first kappa shape index (κ1) is 18.7. The SMILES string of the molecule is CC[C@@H](C(=O)N1CCC(O)(c2cccc(C)c2)CC1)n1cnc2ccccc21. The fourth-order valence-electron chi connectivity index (χ4n) is 4.25. The Labute approximate surface area is 165 Å². The van der Waals surface area contributed by atoms with E-state index in [1.165, 1.54) is 0 Å². The number of likely N-dealkylation sites (tertiary alicyclic amines) is 1. The van der Waals surface area contributed by atoms with E-state index in [0.29, 0.717) is 32.4 Å². The maximum absolute atomic E-state index is 13.3. The molecule has 5 nitrogen and oxygen atoms in total. The summed E-state index contributed by atoms with van der Waals surface area (Å²) in [6, 6.07) is 15.7. The minimum Gasteiger partial charge on any atom is -0.385 e. The van der Waals surface area contributed by atoms with Crippen LogP contribution < -0.4 is 0 Å². The molecule has 1 aliphatic heterocycles. The van der Waals surface area contributed by atoms with Crippen molar-refractivity contribution in [1.82, 2.24) is 14.5 Å².